The van der Waals surface area contributed by atoms with Crippen molar-refractivity contribution >= 4 is 27.6 Å². The van der Waals surface area contributed by atoms with Crippen LogP contribution in [-0.2, 0) is 14.8 Å². The minimum absolute atomic E-state index is 0.117. The van der Waals surface area contributed by atoms with Crippen LogP contribution in [0.1, 0.15) is 17.3 Å². The lowest BCUT2D eigenvalue weighted by atomic mass is 10.1. The lowest BCUT2D eigenvalue weighted by Gasteiger charge is -2.25. The summed E-state index contributed by atoms with van der Waals surface area (Å²) in [6.07, 6.45) is 1.31. The van der Waals surface area contributed by atoms with Crippen LogP contribution in [0.4, 0.5) is 4.39 Å². The molecule has 1 saturated heterocycles. The number of hydrogen-bond donors (Lipinski definition) is 0. The largest absolute Gasteiger partial charge is 0.379 e. The highest BCUT2D eigenvalue weighted by atomic mass is 32.2. The zero-order valence-corrected chi connectivity index (χ0v) is 16.3. The van der Waals surface area contributed by atoms with Crippen molar-refractivity contribution < 1.29 is 22.3 Å². The molecule has 0 bridgehead atoms. The van der Waals surface area contributed by atoms with Gasteiger partial charge in [0.2, 0.25) is 10.0 Å². The van der Waals surface area contributed by atoms with Crippen molar-refractivity contribution in [2.24, 2.45) is 0 Å². The normalized spacial score (nSPS) is 16.8. The molecular weight excluding hydrogens is 391 g/mol. The summed E-state index contributed by atoms with van der Waals surface area (Å²) in [6.45, 7) is 3.13. The van der Waals surface area contributed by atoms with Gasteiger partial charge in [-0.3, -0.25) is 4.79 Å². The Bertz CT molecular complexity index is 896. The van der Waals surface area contributed by atoms with Gasteiger partial charge in [0.05, 0.1) is 23.5 Å². The minimum atomic E-state index is -3.59. The van der Waals surface area contributed by atoms with E-state index in [0.29, 0.717) is 36.9 Å². The second-order valence-electron chi connectivity index (χ2n) is 5.98. The fourth-order valence-corrected chi connectivity index (χ4v) is 4.83. The maximum Gasteiger partial charge on any atom is 0.244 e. The summed E-state index contributed by atoms with van der Waals surface area (Å²) >= 11 is 1.22. The number of carbonyl (C=O) groups is 1. The number of sulfonamides is 1. The summed E-state index contributed by atoms with van der Waals surface area (Å²) in [7, 11) is -3.59. The molecule has 6 nitrogen and oxygen atoms in total. The molecule has 1 aliphatic rings. The van der Waals surface area contributed by atoms with Gasteiger partial charge in [-0.15, -0.1) is 0 Å². The number of benzene rings is 1. The molecule has 1 aromatic carbocycles. The highest BCUT2D eigenvalue weighted by Crippen LogP contribution is 2.25. The molecule has 0 amide bonds. The van der Waals surface area contributed by atoms with Gasteiger partial charge in [-0.05, 0) is 43.3 Å². The fourth-order valence-electron chi connectivity index (χ4n) is 2.61. The minimum Gasteiger partial charge on any atom is -0.379 e. The highest BCUT2D eigenvalue weighted by molar-refractivity contribution is 8.00. The molecule has 0 radical (unpaired) electrons. The quantitative estimate of drug-likeness (QED) is 0.538. The maximum atomic E-state index is 13.0. The Labute approximate surface area is 161 Å². The number of ketones is 1. The number of carbonyl (C=O) groups excluding carboxylic acids is 1. The van der Waals surface area contributed by atoms with Crippen LogP contribution >= 0.6 is 11.8 Å². The van der Waals surface area contributed by atoms with E-state index in [1.54, 1.807) is 13.0 Å². The van der Waals surface area contributed by atoms with Crippen molar-refractivity contribution in [1.82, 2.24) is 9.29 Å². The third-order valence-corrected chi connectivity index (χ3v) is 7.05. The van der Waals surface area contributed by atoms with Crippen molar-refractivity contribution in [3.8, 4) is 0 Å². The number of morpholine rings is 1. The van der Waals surface area contributed by atoms with Crippen molar-refractivity contribution in [3.05, 3.63) is 54.0 Å². The number of ether oxygens (including phenoxy) is 1. The average Bonchev–Trinajstić information content (AvgIpc) is 2.69. The second-order valence-corrected chi connectivity index (χ2v) is 9.28. The summed E-state index contributed by atoms with van der Waals surface area (Å²) < 4.78 is 44.7. The Hall–Kier alpha value is -1.81. The first-order chi connectivity index (χ1) is 12.9. The maximum absolute atomic E-state index is 13.0. The van der Waals surface area contributed by atoms with E-state index in [2.05, 4.69) is 4.98 Å². The Kier molecular flexibility index (Phi) is 6.25. The zero-order chi connectivity index (χ0) is 19.4. The fraction of sp³-hybridized carbons (Fsp3) is 0.333. The van der Waals surface area contributed by atoms with Gasteiger partial charge in [0, 0.05) is 24.8 Å². The van der Waals surface area contributed by atoms with E-state index in [9.17, 15) is 17.6 Å². The first-order valence-corrected chi connectivity index (χ1v) is 10.7. The van der Waals surface area contributed by atoms with Crippen LogP contribution in [0.25, 0.3) is 0 Å². The standard InChI is InChI=1S/C18H19FN2O4S2/c1-13(18(22)14-2-4-15(19)5-3-14)26-17-7-6-16(12-20-17)27(23,24)21-8-10-25-11-9-21/h2-7,12-13H,8-11H2,1H3/t13-/m1/s1. The summed E-state index contributed by atoms with van der Waals surface area (Å²) in [5.74, 6) is -0.544. The Morgan fingerprint density at radius 1 is 1.19 bits per heavy atom. The molecule has 0 saturated carbocycles. The molecule has 2 aromatic rings. The van der Waals surface area contributed by atoms with E-state index in [4.69, 9.17) is 4.74 Å². The molecule has 0 spiro atoms. The summed E-state index contributed by atoms with van der Waals surface area (Å²) in [5.41, 5.74) is 0.419. The molecule has 9 heteroatoms. The van der Waals surface area contributed by atoms with Crippen molar-refractivity contribution in [3.63, 3.8) is 0 Å². The molecule has 1 fully saturated rings. The van der Waals surface area contributed by atoms with Crippen molar-refractivity contribution in [2.75, 3.05) is 26.3 Å². The van der Waals surface area contributed by atoms with Crippen LogP contribution < -0.4 is 0 Å². The Morgan fingerprint density at radius 3 is 2.44 bits per heavy atom. The number of rotatable bonds is 6. The molecule has 144 valence electrons. The van der Waals surface area contributed by atoms with Gasteiger partial charge in [0.25, 0.3) is 0 Å². The van der Waals surface area contributed by atoms with Crippen molar-refractivity contribution in [2.45, 2.75) is 22.1 Å². The lowest BCUT2D eigenvalue weighted by Crippen LogP contribution is -2.40. The number of pyridine rings is 1. The number of halogens is 1. The number of thioether (sulfide) groups is 1. The zero-order valence-electron chi connectivity index (χ0n) is 14.7. The number of Topliss-reactive ketones (excluding diaryl/α,β-unsaturated/α-hetero) is 1. The first-order valence-electron chi connectivity index (χ1n) is 8.38. The molecule has 0 unspecified atom stereocenters. The summed E-state index contributed by atoms with van der Waals surface area (Å²) in [6, 6.07) is 8.46. The molecule has 0 N–H and O–H groups in total. The van der Waals surface area contributed by atoms with Gasteiger partial charge in [-0.2, -0.15) is 4.31 Å². The van der Waals surface area contributed by atoms with E-state index < -0.39 is 21.1 Å². The predicted molar refractivity (Wildman–Crippen MR) is 99.9 cm³/mol. The second kappa shape index (κ2) is 8.47. The van der Waals surface area contributed by atoms with Crippen LogP contribution in [0.5, 0.6) is 0 Å². The molecule has 3 rings (SSSR count). The highest BCUT2D eigenvalue weighted by Gasteiger charge is 2.26. The van der Waals surface area contributed by atoms with Gasteiger partial charge in [-0.25, -0.2) is 17.8 Å². The number of nitrogens with zero attached hydrogens (tertiary/aromatic N) is 2. The van der Waals surface area contributed by atoms with Crippen LogP contribution in [0.3, 0.4) is 0 Å². The van der Waals surface area contributed by atoms with Crippen LogP contribution in [0, 0.1) is 5.82 Å². The van der Waals surface area contributed by atoms with Crippen LogP contribution in [-0.4, -0.2) is 55.0 Å². The molecule has 2 heterocycles. The summed E-state index contributed by atoms with van der Waals surface area (Å²) in [4.78, 5) is 16.7. The number of aromatic nitrogens is 1. The smallest absolute Gasteiger partial charge is 0.244 e. The first kappa shape index (κ1) is 19.9. The van der Waals surface area contributed by atoms with E-state index in [-0.39, 0.29) is 10.7 Å². The van der Waals surface area contributed by atoms with Gasteiger partial charge in [-0.1, -0.05) is 11.8 Å². The third kappa shape index (κ3) is 4.73. The third-order valence-electron chi connectivity index (χ3n) is 4.11. The summed E-state index contributed by atoms with van der Waals surface area (Å²) in [5, 5.41) is 0.101. The van der Waals surface area contributed by atoms with Gasteiger partial charge in [0.15, 0.2) is 5.78 Å². The molecule has 1 aromatic heterocycles. The average molecular weight is 410 g/mol. The lowest BCUT2D eigenvalue weighted by molar-refractivity contribution is 0.0730. The van der Waals surface area contributed by atoms with Crippen LogP contribution in [0.2, 0.25) is 0 Å². The Morgan fingerprint density at radius 2 is 1.85 bits per heavy atom. The molecule has 1 aliphatic heterocycles. The predicted octanol–water partition coefficient (Wildman–Crippen LogP) is 2.61. The molecule has 0 aliphatic carbocycles. The Balaban J connectivity index is 1.68. The van der Waals surface area contributed by atoms with Crippen LogP contribution in [0.15, 0.2) is 52.5 Å². The molecular formula is C18H19FN2O4S2. The van der Waals surface area contributed by atoms with E-state index in [1.807, 2.05) is 0 Å². The monoisotopic (exact) mass is 410 g/mol. The van der Waals surface area contributed by atoms with Gasteiger partial charge in [0.1, 0.15) is 10.7 Å². The van der Waals surface area contributed by atoms with Gasteiger partial charge >= 0.3 is 0 Å². The number of hydrogen-bond acceptors (Lipinski definition) is 6. The van der Waals surface area contributed by atoms with Crippen molar-refractivity contribution in [1.29, 1.82) is 0 Å². The SMILES string of the molecule is C[C@@H](Sc1ccc(S(=O)(=O)N2CCOCC2)cn1)C(=O)c1ccc(F)cc1. The molecule has 1 atom stereocenters. The van der Waals surface area contributed by atoms with E-state index in [0.717, 1.165) is 0 Å². The topological polar surface area (TPSA) is 76.6 Å². The molecule has 27 heavy (non-hydrogen) atoms. The van der Waals surface area contributed by atoms with E-state index in [1.165, 1.54) is 52.6 Å². The van der Waals surface area contributed by atoms with E-state index >= 15 is 0 Å². The van der Waals surface area contributed by atoms with Gasteiger partial charge < -0.3 is 4.74 Å².